The number of amides is 2. The first-order chi connectivity index (χ1) is 19.0. The molecular weight excluding hydrogens is 597 g/mol. The fraction of sp³-hybridized carbons (Fsp3) is 0.333. The molecular formula is C30H33BrFN3O4S. The van der Waals surface area contributed by atoms with E-state index in [-0.39, 0.29) is 23.4 Å². The van der Waals surface area contributed by atoms with Crippen LogP contribution >= 0.6 is 15.9 Å². The number of halogens is 2. The first kappa shape index (κ1) is 29.7. The van der Waals surface area contributed by atoms with Crippen LogP contribution in [-0.4, -0.2) is 43.8 Å². The molecule has 3 aromatic carbocycles. The first-order valence-corrected chi connectivity index (χ1v) is 15.5. The van der Waals surface area contributed by atoms with Crippen molar-refractivity contribution in [3.63, 3.8) is 0 Å². The molecule has 4 rings (SSSR count). The van der Waals surface area contributed by atoms with Gasteiger partial charge in [0.2, 0.25) is 11.8 Å². The Kier molecular flexibility index (Phi) is 9.63. The van der Waals surface area contributed by atoms with E-state index < -0.39 is 34.3 Å². The monoisotopic (exact) mass is 629 g/mol. The molecule has 0 unspecified atom stereocenters. The summed E-state index contributed by atoms with van der Waals surface area (Å²) in [6, 6.07) is 17.9. The lowest BCUT2D eigenvalue weighted by molar-refractivity contribution is -0.139. The van der Waals surface area contributed by atoms with Crippen LogP contribution in [0.25, 0.3) is 0 Å². The molecule has 1 aliphatic carbocycles. The number of carbonyl (C=O) groups excluding carboxylic acids is 2. The van der Waals surface area contributed by atoms with Crippen molar-refractivity contribution in [1.29, 1.82) is 0 Å². The number of sulfonamides is 1. The van der Waals surface area contributed by atoms with Gasteiger partial charge < -0.3 is 10.2 Å². The van der Waals surface area contributed by atoms with E-state index in [4.69, 9.17) is 0 Å². The molecule has 1 fully saturated rings. The van der Waals surface area contributed by atoms with Crippen LogP contribution in [0.4, 0.5) is 10.1 Å². The van der Waals surface area contributed by atoms with Crippen molar-refractivity contribution < 1.29 is 22.4 Å². The molecule has 0 radical (unpaired) electrons. The molecule has 10 heteroatoms. The highest BCUT2D eigenvalue weighted by Crippen LogP contribution is 2.26. The van der Waals surface area contributed by atoms with Crippen LogP contribution < -0.4 is 9.62 Å². The third-order valence-corrected chi connectivity index (χ3v) is 9.45. The summed E-state index contributed by atoms with van der Waals surface area (Å²) >= 11 is 3.37. The minimum Gasteiger partial charge on any atom is -0.352 e. The third kappa shape index (κ3) is 7.28. The van der Waals surface area contributed by atoms with Gasteiger partial charge in [-0.3, -0.25) is 13.9 Å². The fourth-order valence-electron chi connectivity index (χ4n) is 4.73. The van der Waals surface area contributed by atoms with E-state index in [2.05, 4.69) is 21.2 Å². The predicted octanol–water partition coefficient (Wildman–Crippen LogP) is 5.57. The van der Waals surface area contributed by atoms with Crippen LogP contribution in [0.5, 0.6) is 0 Å². The summed E-state index contributed by atoms with van der Waals surface area (Å²) < 4.78 is 43.1. The van der Waals surface area contributed by atoms with Crippen molar-refractivity contribution in [1.82, 2.24) is 10.2 Å². The minimum absolute atomic E-state index is 0.0110. The number of nitrogens with zero attached hydrogens (tertiary/aromatic N) is 2. The molecule has 0 bridgehead atoms. The number of carbonyl (C=O) groups is 2. The quantitative estimate of drug-likeness (QED) is 0.318. The Balaban J connectivity index is 1.67. The maximum Gasteiger partial charge on any atom is 0.264 e. The van der Waals surface area contributed by atoms with Gasteiger partial charge in [-0.2, -0.15) is 0 Å². The van der Waals surface area contributed by atoms with Crippen molar-refractivity contribution in [2.75, 3.05) is 10.8 Å². The van der Waals surface area contributed by atoms with E-state index in [1.54, 1.807) is 55.5 Å². The van der Waals surface area contributed by atoms with Gasteiger partial charge in [0, 0.05) is 17.1 Å². The second-order valence-corrected chi connectivity index (χ2v) is 12.9. The van der Waals surface area contributed by atoms with Crippen molar-refractivity contribution in [3.8, 4) is 0 Å². The van der Waals surface area contributed by atoms with Crippen LogP contribution in [0.15, 0.2) is 82.2 Å². The molecule has 1 saturated carbocycles. The molecule has 0 saturated heterocycles. The molecule has 1 atom stereocenters. The lowest BCUT2D eigenvalue weighted by Gasteiger charge is -2.32. The van der Waals surface area contributed by atoms with Crippen molar-refractivity contribution in [3.05, 3.63) is 94.2 Å². The van der Waals surface area contributed by atoms with Crippen molar-refractivity contribution >= 4 is 43.5 Å². The van der Waals surface area contributed by atoms with Gasteiger partial charge in [0.1, 0.15) is 18.4 Å². The molecule has 40 heavy (non-hydrogen) atoms. The maximum atomic E-state index is 13.9. The third-order valence-electron chi connectivity index (χ3n) is 7.14. The van der Waals surface area contributed by atoms with Gasteiger partial charge >= 0.3 is 0 Å². The summed E-state index contributed by atoms with van der Waals surface area (Å²) in [5.74, 6) is -1.28. The maximum absolute atomic E-state index is 13.9. The van der Waals surface area contributed by atoms with Gasteiger partial charge in [0.15, 0.2) is 0 Å². The van der Waals surface area contributed by atoms with Crippen LogP contribution in [0.1, 0.15) is 43.7 Å². The van der Waals surface area contributed by atoms with Gasteiger partial charge in [0.05, 0.1) is 10.6 Å². The van der Waals surface area contributed by atoms with Gasteiger partial charge in [0.25, 0.3) is 10.0 Å². The largest absolute Gasteiger partial charge is 0.352 e. The molecule has 0 aliphatic heterocycles. The number of nitrogens with one attached hydrogen (secondary N) is 1. The van der Waals surface area contributed by atoms with Gasteiger partial charge in [-0.05, 0) is 80.8 Å². The lowest BCUT2D eigenvalue weighted by Crippen LogP contribution is -2.52. The van der Waals surface area contributed by atoms with E-state index in [0.29, 0.717) is 11.3 Å². The number of hydrogen-bond donors (Lipinski definition) is 1. The average Bonchev–Trinajstić information content (AvgIpc) is 3.44. The smallest absolute Gasteiger partial charge is 0.264 e. The number of aryl methyl sites for hydroxylation is 1. The normalized spacial score (nSPS) is 14.5. The zero-order valence-electron chi connectivity index (χ0n) is 22.5. The van der Waals surface area contributed by atoms with E-state index in [0.717, 1.165) is 40.0 Å². The fourth-order valence-corrected chi connectivity index (χ4v) is 6.41. The van der Waals surface area contributed by atoms with Crippen LogP contribution in [0.3, 0.4) is 0 Å². The second kappa shape index (κ2) is 13.0. The Bertz CT molecular complexity index is 1430. The Morgan fingerprint density at radius 1 is 0.975 bits per heavy atom. The van der Waals surface area contributed by atoms with Crippen LogP contribution in [-0.2, 0) is 26.2 Å². The number of hydrogen-bond acceptors (Lipinski definition) is 4. The zero-order chi connectivity index (χ0) is 28.9. The predicted molar refractivity (Wildman–Crippen MR) is 157 cm³/mol. The highest BCUT2D eigenvalue weighted by atomic mass is 79.9. The summed E-state index contributed by atoms with van der Waals surface area (Å²) in [7, 11) is -4.13. The number of anilines is 1. The molecule has 1 N–H and O–H groups in total. The molecule has 7 nitrogen and oxygen atoms in total. The Morgan fingerprint density at radius 2 is 1.57 bits per heavy atom. The average molecular weight is 631 g/mol. The van der Waals surface area contributed by atoms with Gasteiger partial charge in [-0.1, -0.05) is 58.6 Å². The lowest BCUT2D eigenvalue weighted by atomic mass is 10.1. The Hall–Kier alpha value is -3.24. The summed E-state index contributed by atoms with van der Waals surface area (Å²) in [6.45, 7) is 2.97. The molecule has 0 heterocycles. The molecule has 212 valence electrons. The second-order valence-electron chi connectivity index (χ2n) is 10.1. The van der Waals surface area contributed by atoms with E-state index >= 15 is 0 Å². The van der Waals surface area contributed by atoms with E-state index in [1.165, 1.54) is 29.2 Å². The van der Waals surface area contributed by atoms with Crippen LogP contribution in [0.2, 0.25) is 0 Å². The standard InChI is InChI=1S/C30H33BrFN3O4S/c1-21-7-17-28(18-8-21)40(38,39)35(27-15-11-24(31)12-16-27)20-29(36)34(19-23-9-13-25(32)14-10-23)22(2)30(37)33-26-5-3-4-6-26/h7-18,22,26H,3-6,19-20H2,1-2H3,(H,33,37)/t22-/m1/s1. The summed E-state index contributed by atoms with van der Waals surface area (Å²) in [4.78, 5) is 28.6. The Morgan fingerprint density at radius 3 is 2.17 bits per heavy atom. The molecule has 3 aromatic rings. The topological polar surface area (TPSA) is 86.8 Å². The minimum atomic E-state index is -4.13. The number of benzene rings is 3. The molecule has 2 amide bonds. The van der Waals surface area contributed by atoms with Gasteiger partial charge in [-0.25, -0.2) is 12.8 Å². The SMILES string of the molecule is Cc1ccc(S(=O)(=O)N(CC(=O)N(Cc2ccc(F)cc2)[C@H](C)C(=O)NC2CCCC2)c2ccc(Br)cc2)cc1. The van der Waals surface area contributed by atoms with E-state index in [1.807, 2.05) is 6.92 Å². The zero-order valence-corrected chi connectivity index (χ0v) is 24.9. The highest BCUT2D eigenvalue weighted by molar-refractivity contribution is 9.10. The molecule has 0 aromatic heterocycles. The number of rotatable bonds is 10. The Labute approximate surface area is 243 Å². The van der Waals surface area contributed by atoms with Crippen molar-refractivity contribution in [2.45, 2.75) is 63.1 Å². The highest BCUT2D eigenvalue weighted by Gasteiger charge is 2.33. The molecule has 1 aliphatic rings. The van der Waals surface area contributed by atoms with Crippen molar-refractivity contribution in [2.24, 2.45) is 0 Å². The van der Waals surface area contributed by atoms with Gasteiger partial charge in [-0.15, -0.1) is 0 Å². The summed E-state index contributed by atoms with van der Waals surface area (Å²) in [5.41, 5.74) is 1.83. The summed E-state index contributed by atoms with van der Waals surface area (Å²) in [5, 5.41) is 3.03. The van der Waals surface area contributed by atoms with E-state index in [9.17, 15) is 22.4 Å². The summed E-state index contributed by atoms with van der Waals surface area (Å²) in [6.07, 6.45) is 3.85. The molecule has 0 spiro atoms. The first-order valence-electron chi connectivity index (χ1n) is 13.2. The van der Waals surface area contributed by atoms with Crippen LogP contribution in [0, 0.1) is 12.7 Å².